The first kappa shape index (κ1) is 25.4. The van der Waals surface area contributed by atoms with Crippen LogP contribution < -0.4 is 15.6 Å². The summed E-state index contributed by atoms with van der Waals surface area (Å²) >= 11 is 1.24. The number of thioether (sulfide) groups is 1. The molecule has 0 aliphatic rings. The van der Waals surface area contributed by atoms with Crippen molar-refractivity contribution in [1.82, 2.24) is 24.5 Å². The van der Waals surface area contributed by atoms with Gasteiger partial charge >= 0.3 is 0 Å². The third kappa shape index (κ3) is 5.13. The number of fused-ring (bicyclic) bond motifs is 3. The molecule has 0 bridgehead atoms. The molecule has 0 saturated heterocycles. The monoisotopic (exact) mass is 507 g/mol. The molecule has 36 heavy (non-hydrogen) atoms. The molecule has 0 fully saturated rings. The number of hydrogen-bond acceptors (Lipinski definition) is 7. The molecule has 2 aromatic heterocycles. The molecule has 0 aliphatic heterocycles. The van der Waals surface area contributed by atoms with Gasteiger partial charge in [0.25, 0.3) is 11.5 Å². The second-order valence-electron chi connectivity index (χ2n) is 9.23. The van der Waals surface area contributed by atoms with Crippen LogP contribution in [0.1, 0.15) is 48.4 Å². The number of methoxy groups -OCH3 is 1. The Labute approximate surface area is 212 Å². The highest BCUT2D eigenvalue weighted by Crippen LogP contribution is 2.24. The number of Topliss-reactive ketones (excluding diaryl/α,β-unsaturated/α-hetero) is 1. The molecule has 4 aromatic rings. The normalized spacial score (nSPS) is 11.5. The second-order valence-corrected chi connectivity index (χ2v) is 10.2. The average molecular weight is 508 g/mol. The van der Waals surface area contributed by atoms with Gasteiger partial charge in [-0.2, -0.15) is 0 Å². The highest BCUT2D eigenvalue weighted by Gasteiger charge is 2.20. The number of carbonyl (C=O) groups excluding carboxylic acids is 2. The van der Waals surface area contributed by atoms with Crippen molar-refractivity contribution >= 4 is 40.1 Å². The Morgan fingerprint density at radius 3 is 2.36 bits per heavy atom. The minimum atomic E-state index is -0.233. The number of carbonyl (C=O) groups is 2. The predicted octanol–water partition coefficient (Wildman–Crippen LogP) is 3.82. The number of benzene rings is 2. The number of ether oxygens (including phenoxy) is 1. The topological polar surface area (TPSA) is 108 Å². The fourth-order valence-electron chi connectivity index (χ4n) is 3.88. The lowest BCUT2D eigenvalue weighted by Crippen LogP contribution is -2.30. The molecule has 0 saturated carbocycles. The minimum absolute atomic E-state index is 0.0303. The molecule has 0 unspecified atom stereocenters. The van der Waals surface area contributed by atoms with E-state index in [1.54, 1.807) is 58.5 Å². The highest BCUT2D eigenvalue weighted by atomic mass is 32.2. The zero-order valence-corrected chi connectivity index (χ0v) is 21.8. The van der Waals surface area contributed by atoms with Crippen molar-refractivity contribution in [2.75, 3.05) is 12.9 Å². The van der Waals surface area contributed by atoms with Crippen molar-refractivity contribution in [2.24, 2.45) is 5.92 Å². The van der Waals surface area contributed by atoms with Crippen LogP contribution in [0, 0.1) is 5.92 Å². The lowest BCUT2D eigenvalue weighted by atomic mass is 10.1. The van der Waals surface area contributed by atoms with Crippen LogP contribution in [0.3, 0.4) is 0 Å². The van der Waals surface area contributed by atoms with Gasteiger partial charge < -0.3 is 10.1 Å². The van der Waals surface area contributed by atoms with Gasteiger partial charge in [0.1, 0.15) is 5.75 Å². The molecular formula is C26H29N5O4S. The van der Waals surface area contributed by atoms with Crippen LogP contribution in [0.4, 0.5) is 0 Å². The number of aromatic nitrogens is 4. The molecule has 0 aliphatic carbocycles. The van der Waals surface area contributed by atoms with Gasteiger partial charge in [-0.15, -0.1) is 10.2 Å². The maximum atomic E-state index is 13.4. The van der Waals surface area contributed by atoms with Crippen LogP contribution in [0.15, 0.2) is 52.4 Å². The Morgan fingerprint density at radius 2 is 1.72 bits per heavy atom. The van der Waals surface area contributed by atoms with Crippen molar-refractivity contribution in [2.45, 2.75) is 45.4 Å². The SMILES string of the molecule is COc1ccc(C(=O)CSc2nnc3n(CC(C)C)c(=O)c4ccc(C(=O)NC(C)C)cc4n23)cc1. The summed E-state index contributed by atoms with van der Waals surface area (Å²) in [6.07, 6.45) is 0. The van der Waals surface area contributed by atoms with Gasteiger partial charge in [0.2, 0.25) is 5.78 Å². The van der Waals surface area contributed by atoms with E-state index in [1.807, 2.05) is 27.7 Å². The fraction of sp³-hybridized carbons (Fsp3) is 0.346. The third-order valence-electron chi connectivity index (χ3n) is 5.55. The molecule has 1 amide bonds. The number of nitrogens with one attached hydrogen (secondary N) is 1. The maximum absolute atomic E-state index is 13.4. The number of rotatable bonds is 9. The van der Waals surface area contributed by atoms with Gasteiger partial charge in [0, 0.05) is 23.7 Å². The van der Waals surface area contributed by atoms with Crippen molar-refractivity contribution in [3.63, 3.8) is 0 Å². The molecule has 188 valence electrons. The van der Waals surface area contributed by atoms with E-state index in [0.29, 0.717) is 45.3 Å². The molecule has 2 aromatic carbocycles. The lowest BCUT2D eigenvalue weighted by Gasteiger charge is -2.14. The summed E-state index contributed by atoms with van der Waals surface area (Å²) in [6.45, 7) is 8.27. The standard InChI is InChI=1S/C26H29N5O4S/c1-15(2)13-30-24(34)20-11-8-18(23(33)27-16(3)4)12-21(20)31-25(30)28-29-26(31)36-14-22(32)17-6-9-19(35-5)10-7-17/h6-12,15-16H,13-14H2,1-5H3,(H,27,33). The summed E-state index contributed by atoms with van der Waals surface area (Å²) in [5.74, 6) is 1.08. The van der Waals surface area contributed by atoms with Crippen LogP contribution >= 0.6 is 11.8 Å². The third-order valence-corrected chi connectivity index (χ3v) is 6.47. The first-order valence-corrected chi connectivity index (χ1v) is 12.7. The van der Waals surface area contributed by atoms with Crippen LogP contribution in [-0.2, 0) is 6.54 Å². The van der Waals surface area contributed by atoms with E-state index in [0.717, 1.165) is 0 Å². The number of ketones is 1. The van der Waals surface area contributed by atoms with E-state index in [4.69, 9.17) is 4.74 Å². The minimum Gasteiger partial charge on any atom is -0.497 e. The van der Waals surface area contributed by atoms with Crippen LogP contribution in [0.5, 0.6) is 5.75 Å². The molecule has 0 atom stereocenters. The Balaban J connectivity index is 1.79. The van der Waals surface area contributed by atoms with Gasteiger partial charge in [-0.05, 0) is 62.2 Å². The van der Waals surface area contributed by atoms with Crippen molar-refractivity contribution in [3.05, 3.63) is 63.9 Å². The van der Waals surface area contributed by atoms with E-state index in [9.17, 15) is 14.4 Å². The Morgan fingerprint density at radius 1 is 1.03 bits per heavy atom. The maximum Gasteiger partial charge on any atom is 0.262 e. The van der Waals surface area contributed by atoms with Crippen molar-refractivity contribution < 1.29 is 14.3 Å². The summed E-state index contributed by atoms with van der Waals surface area (Å²) in [7, 11) is 1.57. The van der Waals surface area contributed by atoms with E-state index >= 15 is 0 Å². The first-order valence-electron chi connectivity index (χ1n) is 11.7. The van der Waals surface area contributed by atoms with Gasteiger partial charge in [-0.1, -0.05) is 25.6 Å². The van der Waals surface area contributed by atoms with E-state index < -0.39 is 0 Å². The Kier molecular flexibility index (Phi) is 7.44. The fourth-order valence-corrected chi connectivity index (χ4v) is 4.72. The van der Waals surface area contributed by atoms with Crippen LogP contribution in [0.2, 0.25) is 0 Å². The predicted molar refractivity (Wildman–Crippen MR) is 140 cm³/mol. The average Bonchev–Trinajstić information content (AvgIpc) is 3.28. The van der Waals surface area contributed by atoms with Gasteiger partial charge in [0.05, 0.1) is 23.8 Å². The molecule has 9 nitrogen and oxygen atoms in total. The van der Waals surface area contributed by atoms with Crippen LogP contribution in [0.25, 0.3) is 16.7 Å². The molecule has 4 rings (SSSR count). The number of hydrogen-bond donors (Lipinski definition) is 1. The second kappa shape index (κ2) is 10.5. The van der Waals surface area contributed by atoms with E-state index in [2.05, 4.69) is 15.5 Å². The van der Waals surface area contributed by atoms with Gasteiger partial charge in [-0.25, -0.2) is 0 Å². The quantitative estimate of drug-likeness (QED) is 0.271. The summed E-state index contributed by atoms with van der Waals surface area (Å²) in [5.41, 5.74) is 1.32. The molecular weight excluding hydrogens is 478 g/mol. The lowest BCUT2D eigenvalue weighted by molar-refractivity contribution is 0.0942. The zero-order valence-electron chi connectivity index (χ0n) is 20.9. The summed E-state index contributed by atoms with van der Waals surface area (Å²) in [4.78, 5) is 38.9. The first-order chi connectivity index (χ1) is 17.2. The molecule has 0 radical (unpaired) electrons. The van der Waals surface area contributed by atoms with E-state index in [-0.39, 0.29) is 35.0 Å². The number of nitrogens with zero attached hydrogens (tertiary/aromatic N) is 4. The molecule has 10 heteroatoms. The smallest absolute Gasteiger partial charge is 0.262 e. The molecule has 0 spiro atoms. The van der Waals surface area contributed by atoms with Crippen molar-refractivity contribution in [3.8, 4) is 5.75 Å². The highest BCUT2D eigenvalue weighted by molar-refractivity contribution is 7.99. The zero-order chi connectivity index (χ0) is 26.0. The Hall–Kier alpha value is -3.66. The number of amides is 1. The largest absolute Gasteiger partial charge is 0.497 e. The molecule has 2 heterocycles. The summed E-state index contributed by atoms with van der Waals surface area (Å²) in [5, 5.41) is 12.4. The molecule has 1 N–H and O–H groups in total. The van der Waals surface area contributed by atoms with Gasteiger partial charge in [0.15, 0.2) is 10.9 Å². The van der Waals surface area contributed by atoms with Crippen LogP contribution in [-0.4, -0.2) is 49.8 Å². The van der Waals surface area contributed by atoms with E-state index in [1.165, 1.54) is 11.8 Å². The van der Waals surface area contributed by atoms with Gasteiger partial charge in [-0.3, -0.25) is 23.4 Å². The summed E-state index contributed by atoms with van der Waals surface area (Å²) in [6, 6.07) is 11.9. The van der Waals surface area contributed by atoms with Crippen molar-refractivity contribution in [1.29, 1.82) is 0 Å². The summed E-state index contributed by atoms with van der Waals surface area (Å²) < 4.78 is 8.52. The Bertz CT molecular complexity index is 1490.